The largest absolute Gasteiger partial charge is 0.478 e. The van der Waals surface area contributed by atoms with E-state index in [4.69, 9.17) is 0 Å². The lowest BCUT2D eigenvalue weighted by molar-refractivity contribution is -0.132. The van der Waals surface area contributed by atoms with Gasteiger partial charge in [-0.15, -0.1) is 0 Å². The SMILES string of the molecule is CN(CCC(F)(F)F)c1c(C(=O)O)cnc2ccccc12. The fourth-order valence-corrected chi connectivity index (χ4v) is 2.10. The summed E-state index contributed by atoms with van der Waals surface area (Å²) in [4.78, 5) is 16.6. The molecule has 0 aliphatic rings. The topological polar surface area (TPSA) is 53.4 Å². The summed E-state index contributed by atoms with van der Waals surface area (Å²) in [5, 5.41) is 9.73. The van der Waals surface area contributed by atoms with Crippen molar-refractivity contribution in [3.8, 4) is 0 Å². The fourth-order valence-electron chi connectivity index (χ4n) is 2.10. The van der Waals surface area contributed by atoms with Gasteiger partial charge in [-0.05, 0) is 6.07 Å². The number of anilines is 1. The summed E-state index contributed by atoms with van der Waals surface area (Å²) < 4.78 is 37.0. The minimum Gasteiger partial charge on any atom is -0.478 e. The highest BCUT2D eigenvalue weighted by molar-refractivity contribution is 6.04. The molecule has 7 heteroatoms. The molecule has 0 bridgehead atoms. The first-order valence-electron chi connectivity index (χ1n) is 6.18. The zero-order valence-electron chi connectivity index (χ0n) is 11.2. The molecule has 0 radical (unpaired) electrons. The molecule has 0 saturated heterocycles. The second-order valence-corrected chi connectivity index (χ2v) is 4.63. The number of hydrogen-bond donors (Lipinski definition) is 1. The zero-order valence-corrected chi connectivity index (χ0v) is 11.2. The van der Waals surface area contributed by atoms with E-state index < -0.39 is 18.6 Å². The van der Waals surface area contributed by atoms with Crippen molar-refractivity contribution in [2.75, 3.05) is 18.5 Å². The van der Waals surface area contributed by atoms with Gasteiger partial charge in [0.25, 0.3) is 0 Å². The predicted molar refractivity (Wildman–Crippen MR) is 72.6 cm³/mol. The van der Waals surface area contributed by atoms with Gasteiger partial charge in [0, 0.05) is 25.2 Å². The van der Waals surface area contributed by atoms with E-state index in [0.29, 0.717) is 10.9 Å². The molecule has 2 rings (SSSR count). The molecule has 0 unspecified atom stereocenters. The predicted octanol–water partition coefficient (Wildman–Crippen LogP) is 3.32. The van der Waals surface area contributed by atoms with Crippen molar-refractivity contribution in [1.29, 1.82) is 0 Å². The number of hydrogen-bond acceptors (Lipinski definition) is 3. The van der Waals surface area contributed by atoms with E-state index >= 15 is 0 Å². The van der Waals surface area contributed by atoms with Crippen molar-refractivity contribution in [2.24, 2.45) is 0 Å². The first-order valence-corrected chi connectivity index (χ1v) is 6.18. The molecule has 112 valence electrons. The van der Waals surface area contributed by atoms with Crippen LogP contribution in [0.5, 0.6) is 0 Å². The first kappa shape index (κ1) is 15.1. The van der Waals surface area contributed by atoms with Crippen LogP contribution in [0.25, 0.3) is 10.9 Å². The molecule has 2 aromatic rings. The van der Waals surface area contributed by atoms with Crippen LogP contribution in [0.1, 0.15) is 16.8 Å². The van der Waals surface area contributed by atoms with Crippen LogP contribution < -0.4 is 4.90 Å². The number of rotatable bonds is 4. The Morgan fingerprint density at radius 1 is 1.33 bits per heavy atom. The third kappa shape index (κ3) is 3.42. The lowest BCUT2D eigenvalue weighted by atomic mass is 10.1. The fraction of sp³-hybridized carbons (Fsp3) is 0.286. The number of halogens is 3. The third-order valence-corrected chi connectivity index (χ3v) is 3.09. The number of benzene rings is 1. The van der Waals surface area contributed by atoms with E-state index in [1.807, 2.05) is 0 Å². The normalized spacial score (nSPS) is 11.6. The van der Waals surface area contributed by atoms with E-state index in [0.717, 1.165) is 0 Å². The molecular weight excluding hydrogens is 285 g/mol. The lowest BCUT2D eigenvalue weighted by Crippen LogP contribution is -2.26. The third-order valence-electron chi connectivity index (χ3n) is 3.09. The number of carboxylic acid groups (broad SMARTS) is 1. The molecule has 1 aromatic heterocycles. The maximum absolute atomic E-state index is 12.3. The average molecular weight is 298 g/mol. The van der Waals surface area contributed by atoms with Crippen molar-refractivity contribution in [2.45, 2.75) is 12.6 Å². The van der Waals surface area contributed by atoms with Gasteiger partial charge in [-0.25, -0.2) is 4.79 Å². The molecule has 0 saturated carbocycles. The average Bonchev–Trinajstić information content (AvgIpc) is 2.42. The van der Waals surface area contributed by atoms with Gasteiger partial charge in [0.2, 0.25) is 0 Å². The number of para-hydroxylation sites is 1. The minimum absolute atomic E-state index is 0.113. The van der Waals surface area contributed by atoms with Gasteiger partial charge in [-0.3, -0.25) is 4.98 Å². The van der Waals surface area contributed by atoms with Gasteiger partial charge >= 0.3 is 12.1 Å². The monoisotopic (exact) mass is 298 g/mol. The smallest absolute Gasteiger partial charge is 0.390 e. The van der Waals surface area contributed by atoms with E-state index in [-0.39, 0.29) is 17.8 Å². The van der Waals surface area contributed by atoms with Gasteiger partial charge in [0.1, 0.15) is 5.56 Å². The van der Waals surface area contributed by atoms with Crippen LogP contribution in [0.15, 0.2) is 30.5 Å². The summed E-state index contributed by atoms with van der Waals surface area (Å²) in [5.41, 5.74) is 0.673. The highest BCUT2D eigenvalue weighted by Gasteiger charge is 2.28. The van der Waals surface area contributed by atoms with E-state index in [1.54, 1.807) is 24.3 Å². The number of carboxylic acids is 1. The molecule has 21 heavy (non-hydrogen) atoms. The molecule has 4 nitrogen and oxygen atoms in total. The lowest BCUT2D eigenvalue weighted by Gasteiger charge is -2.23. The molecule has 1 heterocycles. The molecule has 0 aliphatic heterocycles. The van der Waals surface area contributed by atoms with Crippen molar-refractivity contribution >= 4 is 22.6 Å². The van der Waals surface area contributed by atoms with E-state index in [2.05, 4.69) is 4.98 Å². The first-order chi connectivity index (χ1) is 9.79. The molecule has 0 amide bonds. The number of nitrogens with zero attached hydrogens (tertiary/aromatic N) is 2. The summed E-state index contributed by atoms with van der Waals surface area (Å²) >= 11 is 0. The number of fused-ring (bicyclic) bond motifs is 1. The summed E-state index contributed by atoms with van der Waals surface area (Å²) in [6.45, 7) is -0.322. The van der Waals surface area contributed by atoms with Crippen molar-refractivity contribution in [1.82, 2.24) is 4.98 Å². The molecule has 0 atom stereocenters. The maximum atomic E-state index is 12.3. The number of carbonyl (C=O) groups is 1. The van der Waals surface area contributed by atoms with Crippen LogP contribution >= 0.6 is 0 Å². The molecule has 1 N–H and O–H groups in total. The van der Waals surface area contributed by atoms with E-state index in [9.17, 15) is 23.1 Å². The van der Waals surface area contributed by atoms with Crippen LogP contribution in [0.2, 0.25) is 0 Å². The second-order valence-electron chi connectivity index (χ2n) is 4.63. The van der Waals surface area contributed by atoms with Gasteiger partial charge in [0.15, 0.2) is 0 Å². The Hall–Kier alpha value is -2.31. The molecule has 1 aromatic carbocycles. The standard InChI is InChI=1S/C14H13F3N2O2/c1-19(7-6-14(15,16)17)12-9-4-2-3-5-11(9)18-8-10(12)13(20)21/h2-5,8H,6-7H2,1H3,(H,20,21). The second kappa shape index (κ2) is 5.59. The van der Waals surface area contributed by atoms with Crippen LogP contribution in [-0.2, 0) is 0 Å². The number of aromatic nitrogens is 1. The minimum atomic E-state index is -4.29. The zero-order chi connectivity index (χ0) is 15.6. The number of aromatic carboxylic acids is 1. The molecule has 0 spiro atoms. The number of pyridine rings is 1. The van der Waals surface area contributed by atoms with Crippen LogP contribution in [0, 0.1) is 0 Å². The molecule has 0 fully saturated rings. The van der Waals surface area contributed by atoms with Gasteiger partial charge in [-0.2, -0.15) is 13.2 Å². The van der Waals surface area contributed by atoms with Gasteiger partial charge < -0.3 is 10.0 Å². The highest BCUT2D eigenvalue weighted by atomic mass is 19.4. The Balaban J connectivity index is 2.48. The Morgan fingerprint density at radius 3 is 2.62 bits per heavy atom. The Kier molecular flexibility index (Phi) is 4.02. The summed E-state index contributed by atoms with van der Waals surface area (Å²) in [6.07, 6.45) is -4.14. The van der Waals surface area contributed by atoms with Gasteiger partial charge in [-0.1, -0.05) is 18.2 Å². The van der Waals surface area contributed by atoms with Crippen LogP contribution in [0.3, 0.4) is 0 Å². The number of alkyl halides is 3. The molecular formula is C14H13F3N2O2. The van der Waals surface area contributed by atoms with Crippen LogP contribution in [-0.4, -0.2) is 35.8 Å². The van der Waals surface area contributed by atoms with Crippen molar-refractivity contribution in [3.63, 3.8) is 0 Å². The van der Waals surface area contributed by atoms with Crippen LogP contribution in [0.4, 0.5) is 18.9 Å². The van der Waals surface area contributed by atoms with Crippen molar-refractivity contribution < 1.29 is 23.1 Å². The highest BCUT2D eigenvalue weighted by Crippen LogP contribution is 2.30. The summed E-state index contributed by atoms with van der Waals surface area (Å²) in [7, 11) is 1.44. The Morgan fingerprint density at radius 2 is 2.00 bits per heavy atom. The molecule has 0 aliphatic carbocycles. The van der Waals surface area contributed by atoms with Crippen molar-refractivity contribution in [3.05, 3.63) is 36.0 Å². The Labute approximate surface area is 118 Å². The van der Waals surface area contributed by atoms with Gasteiger partial charge in [0.05, 0.1) is 17.6 Å². The quantitative estimate of drug-likeness (QED) is 0.940. The van der Waals surface area contributed by atoms with E-state index in [1.165, 1.54) is 18.1 Å². The maximum Gasteiger partial charge on any atom is 0.390 e. The summed E-state index contributed by atoms with van der Waals surface area (Å²) in [5.74, 6) is -1.22. The Bertz CT molecular complexity index is 671. The summed E-state index contributed by atoms with van der Waals surface area (Å²) in [6, 6.07) is 6.75.